The van der Waals surface area contributed by atoms with Crippen molar-refractivity contribution in [1.29, 1.82) is 0 Å². The Labute approximate surface area is 140 Å². The normalized spacial score (nSPS) is 12.4. The minimum Gasteiger partial charge on any atom is -0.283 e. The fourth-order valence-corrected chi connectivity index (χ4v) is 2.45. The monoisotopic (exact) mass is 352 g/mol. The van der Waals surface area contributed by atoms with Crippen LogP contribution in [0.1, 0.15) is 16.8 Å². The van der Waals surface area contributed by atoms with Gasteiger partial charge in [0.2, 0.25) is 0 Å². The molecule has 2 heterocycles. The summed E-state index contributed by atoms with van der Waals surface area (Å²) in [6.45, 7) is 3.67. The van der Waals surface area contributed by atoms with Gasteiger partial charge in [-0.2, -0.15) is 13.2 Å². The minimum absolute atomic E-state index is 0.0477. The average Bonchev–Trinajstić information content (AvgIpc) is 2.83. The summed E-state index contributed by atoms with van der Waals surface area (Å²) in [5.41, 5.74) is 1.43. The Kier molecular flexibility index (Phi) is 4.04. The lowest BCUT2D eigenvalue weighted by Gasteiger charge is -2.07. The number of aromatic nitrogens is 2. The second-order valence-electron chi connectivity index (χ2n) is 5.27. The van der Waals surface area contributed by atoms with Crippen LogP contribution in [0.5, 0.6) is 0 Å². The fourth-order valence-electron chi connectivity index (χ4n) is 2.29. The van der Waals surface area contributed by atoms with Gasteiger partial charge >= 0.3 is 6.18 Å². The van der Waals surface area contributed by atoms with Gasteiger partial charge in [0.15, 0.2) is 5.82 Å². The van der Waals surface area contributed by atoms with Crippen molar-refractivity contribution >= 4 is 28.8 Å². The molecule has 124 valence electrons. The van der Waals surface area contributed by atoms with E-state index in [1.165, 1.54) is 0 Å². The zero-order valence-electron chi connectivity index (χ0n) is 12.8. The highest BCUT2D eigenvalue weighted by Crippen LogP contribution is 2.36. The fraction of sp³-hybridized carbons (Fsp3) is 0.188. The molecule has 1 aromatic carbocycles. The van der Waals surface area contributed by atoms with E-state index in [9.17, 15) is 13.2 Å². The van der Waals surface area contributed by atoms with Gasteiger partial charge in [-0.25, -0.2) is 4.98 Å². The SMILES string of the molecule is Cc1nc2c(C)cccn2c1N=Nc1cc(C(F)(F)F)ccc1Cl. The number of benzene rings is 1. The first-order chi connectivity index (χ1) is 11.3. The van der Waals surface area contributed by atoms with E-state index < -0.39 is 11.7 Å². The zero-order chi connectivity index (χ0) is 17.5. The molecule has 0 spiro atoms. The van der Waals surface area contributed by atoms with E-state index in [1.807, 2.05) is 19.1 Å². The van der Waals surface area contributed by atoms with Gasteiger partial charge in [-0.3, -0.25) is 4.40 Å². The highest BCUT2D eigenvalue weighted by molar-refractivity contribution is 6.32. The third-order valence-corrected chi connectivity index (χ3v) is 3.83. The van der Waals surface area contributed by atoms with Crippen LogP contribution >= 0.6 is 11.6 Å². The highest BCUT2D eigenvalue weighted by Gasteiger charge is 2.31. The quantitative estimate of drug-likeness (QED) is 0.518. The van der Waals surface area contributed by atoms with Crippen molar-refractivity contribution in [2.45, 2.75) is 20.0 Å². The summed E-state index contributed by atoms with van der Waals surface area (Å²) in [6, 6.07) is 6.68. The van der Waals surface area contributed by atoms with E-state index in [1.54, 1.807) is 17.5 Å². The van der Waals surface area contributed by atoms with Gasteiger partial charge in [0.25, 0.3) is 0 Å². The van der Waals surface area contributed by atoms with Crippen LogP contribution in [0.25, 0.3) is 5.65 Å². The molecule has 0 aliphatic heterocycles. The number of fused-ring (bicyclic) bond motifs is 1. The third kappa shape index (κ3) is 2.99. The van der Waals surface area contributed by atoms with Crippen LogP contribution in [0.2, 0.25) is 5.02 Å². The lowest BCUT2D eigenvalue weighted by molar-refractivity contribution is -0.137. The lowest BCUT2D eigenvalue weighted by atomic mass is 10.2. The third-order valence-electron chi connectivity index (χ3n) is 3.51. The molecule has 8 heteroatoms. The first-order valence-electron chi connectivity index (χ1n) is 7.00. The number of aryl methyl sites for hydroxylation is 2. The topological polar surface area (TPSA) is 42.0 Å². The average molecular weight is 353 g/mol. The van der Waals surface area contributed by atoms with E-state index >= 15 is 0 Å². The first kappa shape index (κ1) is 16.4. The summed E-state index contributed by atoms with van der Waals surface area (Å²) in [5, 5.41) is 8.05. The summed E-state index contributed by atoms with van der Waals surface area (Å²) in [6.07, 6.45) is -2.70. The molecule has 0 amide bonds. The largest absolute Gasteiger partial charge is 0.416 e. The molecule has 2 aromatic heterocycles. The van der Waals surface area contributed by atoms with Crippen LogP contribution in [-0.4, -0.2) is 9.38 Å². The number of imidazole rings is 1. The minimum atomic E-state index is -4.47. The number of alkyl halides is 3. The van der Waals surface area contributed by atoms with Crippen LogP contribution in [-0.2, 0) is 6.18 Å². The molecule has 0 saturated heterocycles. The standard InChI is InChI=1S/C16H12ClF3N4/c1-9-4-3-7-24-14(9)21-10(2)15(24)23-22-13-8-11(16(18,19)20)5-6-12(13)17/h3-8H,1-2H3. The van der Waals surface area contributed by atoms with Gasteiger partial charge < -0.3 is 0 Å². The van der Waals surface area contributed by atoms with Gasteiger partial charge in [0.05, 0.1) is 16.3 Å². The number of nitrogens with zero attached hydrogens (tertiary/aromatic N) is 4. The molecule has 0 radical (unpaired) electrons. The van der Waals surface area contributed by atoms with Crippen molar-refractivity contribution in [3.8, 4) is 0 Å². The summed E-state index contributed by atoms with van der Waals surface area (Å²) in [5.74, 6) is 0.446. The molecule has 3 aromatic rings. The van der Waals surface area contributed by atoms with E-state index in [4.69, 9.17) is 11.6 Å². The summed E-state index contributed by atoms with van der Waals surface area (Å²) < 4.78 is 40.1. The Bertz CT molecular complexity index is 944. The molecule has 4 nitrogen and oxygen atoms in total. The van der Waals surface area contributed by atoms with Crippen molar-refractivity contribution in [2.75, 3.05) is 0 Å². The summed E-state index contributed by atoms with van der Waals surface area (Å²) >= 11 is 5.93. The number of pyridine rings is 1. The van der Waals surface area contributed by atoms with Crippen molar-refractivity contribution in [3.05, 3.63) is 58.4 Å². The molecule has 3 rings (SSSR count). The van der Waals surface area contributed by atoms with Crippen LogP contribution in [0.3, 0.4) is 0 Å². The Morgan fingerprint density at radius 2 is 1.88 bits per heavy atom. The lowest BCUT2D eigenvalue weighted by Crippen LogP contribution is -2.03. The van der Waals surface area contributed by atoms with Gasteiger partial charge in [-0.15, -0.1) is 10.2 Å². The molecule has 0 bridgehead atoms. The molecule has 0 atom stereocenters. The number of hydrogen-bond donors (Lipinski definition) is 0. The maximum atomic E-state index is 12.8. The molecule has 0 fully saturated rings. The molecule has 0 N–H and O–H groups in total. The first-order valence-corrected chi connectivity index (χ1v) is 7.38. The van der Waals surface area contributed by atoms with Crippen LogP contribution < -0.4 is 0 Å². The van der Waals surface area contributed by atoms with E-state index in [0.29, 0.717) is 11.5 Å². The van der Waals surface area contributed by atoms with Gasteiger partial charge in [-0.05, 0) is 43.7 Å². The van der Waals surface area contributed by atoms with Crippen molar-refractivity contribution < 1.29 is 13.2 Å². The molecular formula is C16H12ClF3N4. The molecule has 0 saturated carbocycles. The van der Waals surface area contributed by atoms with Crippen LogP contribution in [0, 0.1) is 13.8 Å². The van der Waals surface area contributed by atoms with Crippen LogP contribution in [0.4, 0.5) is 24.7 Å². The van der Waals surface area contributed by atoms with E-state index in [0.717, 1.165) is 29.4 Å². The number of halogens is 4. The van der Waals surface area contributed by atoms with Gasteiger partial charge in [-0.1, -0.05) is 17.7 Å². The van der Waals surface area contributed by atoms with Crippen molar-refractivity contribution in [2.24, 2.45) is 10.2 Å². The summed E-state index contributed by atoms with van der Waals surface area (Å²) in [4.78, 5) is 4.40. The Morgan fingerprint density at radius 1 is 1.12 bits per heavy atom. The predicted octanol–water partition coefficient (Wildman–Crippen LogP) is 6.04. The predicted molar refractivity (Wildman–Crippen MR) is 85.3 cm³/mol. The maximum Gasteiger partial charge on any atom is 0.416 e. The number of hydrogen-bond acceptors (Lipinski definition) is 3. The van der Waals surface area contributed by atoms with Gasteiger partial charge in [0, 0.05) is 6.20 Å². The highest BCUT2D eigenvalue weighted by atomic mass is 35.5. The molecule has 0 unspecified atom stereocenters. The second kappa shape index (κ2) is 5.90. The molecular weight excluding hydrogens is 341 g/mol. The van der Waals surface area contributed by atoms with Crippen molar-refractivity contribution in [1.82, 2.24) is 9.38 Å². The number of azo groups is 1. The molecule has 0 aliphatic rings. The summed E-state index contributed by atoms with van der Waals surface area (Å²) in [7, 11) is 0. The van der Waals surface area contributed by atoms with Gasteiger partial charge in [0.1, 0.15) is 11.3 Å². The maximum absolute atomic E-state index is 12.8. The van der Waals surface area contributed by atoms with Crippen molar-refractivity contribution in [3.63, 3.8) is 0 Å². The molecule has 24 heavy (non-hydrogen) atoms. The Hall–Kier alpha value is -2.41. The Balaban J connectivity index is 2.06. The number of rotatable bonds is 2. The van der Waals surface area contributed by atoms with Crippen LogP contribution in [0.15, 0.2) is 46.8 Å². The molecule has 0 aliphatic carbocycles. The smallest absolute Gasteiger partial charge is 0.283 e. The van der Waals surface area contributed by atoms with E-state index in [2.05, 4.69) is 15.2 Å². The zero-order valence-corrected chi connectivity index (χ0v) is 13.5. The Morgan fingerprint density at radius 3 is 2.58 bits per heavy atom. The second-order valence-corrected chi connectivity index (χ2v) is 5.68. The van der Waals surface area contributed by atoms with E-state index in [-0.39, 0.29) is 10.7 Å².